The molecule has 2 aromatic rings. The maximum atomic E-state index is 12.5. The largest absolute Gasteiger partial charge is 0.454 e. The van der Waals surface area contributed by atoms with Crippen molar-refractivity contribution in [2.75, 3.05) is 23.4 Å². The molecule has 0 unspecified atom stereocenters. The van der Waals surface area contributed by atoms with Gasteiger partial charge < -0.3 is 14.8 Å². The number of nitrogens with one attached hydrogen (secondary N) is 2. The molecular formula is C17H20N2O4S. The minimum atomic E-state index is -3.67. The van der Waals surface area contributed by atoms with Gasteiger partial charge in [-0.2, -0.15) is 0 Å². The lowest BCUT2D eigenvalue weighted by molar-refractivity contribution is 0.174. The van der Waals surface area contributed by atoms with E-state index in [1.165, 1.54) is 12.1 Å². The highest BCUT2D eigenvalue weighted by molar-refractivity contribution is 7.92. The average Bonchev–Trinajstić information content (AvgIpc) is 3.04. The molecule has 24 heavy (non-hydrogen) atoms. The average molecular weight is 348 g/mol. The fourth-order valence-electron chi connectivity index (χ4n) is 2.32. The van der Waals surface area contributed by atoms with Crippen molar-refractivity contribution in [1.82, 2.24) is 0 Å². The van der Waals surface area contributed by atoms with Crippen LogP contribution in [0.1, 0.15) is 19.8 Å². The van der Waals surface area contributed by atoms with Crippen LogP contribution in [0, 0.1) is 0 Å². The molecule has 1 heterocycles. The van der Waals surface area contributed by atoms with E-state index in [9.17, 15) is 8.42 Å². The molecule has 0 aromatic heterocycles. The van der Waals surface area contributed by atoms with Crippen molar-refractivity contribution in [3.05, 3.63) is 42.5 Å². The van der Waals surface area contributed by atoms with Crippen LogP contribution in [0.15, 0.2) is 47.4 Å². The number of sulfonamides is 1. The summed E-state index contributed by atoms with van der Waals surface area (Å²) in [5, 5.41) is 3.29. The Morgan fingerprint density at radius 3 is 2.46 bits per heavy atom. The normalized spacial score (nSPS) is 12.9. The molecular weight excluding hydrogens is 328 g/mol. The van der Waals surface area contributed by atoms with Crippen molar-refractivity contribution in [2.24, 2.45) is 0 Å². The quantitative estimate of drug-likeness (QED) is 0.750. The highest BCUT2D eigenvalue weighted by Gasteiger charge is 2.20. The number of fused-ring (bicyclic) bond motifs is 1. The van der Waals surface area contributed by atoms with Crippen molar-refractivity contribution >= 4 is 21.4 Å². The maximum Gasteiger partial charge on any atom is 0.262 e. The van der Waals surface area contributed by atoms with Crippen molar-refractivity contribution in [1.29, 1.82) is 0 Å². The summed E-state index contributed by atoms with van der Waals surface area (Å²) >= 11 is 0. The molecule has 7 heteroatoms. The van der Waals surface area contributed by atoms with Gasteiger partial charge in [0.15, 0.2) is 11.5 Å². The van der Waals surface area contributed by atoms with Gasteiger partial charge >= 0.3 is 0 Å². The molecule has 2 N–H and O–H groups in total. The summed E-state index contributed by atoms with van der Waals surface area (Å²) in [6.45, 7) is 3.15. The molecule has 128 valence electrons. The van der Waals surface area contributed by atoms with Gasteiger partial charge in [-0.3, -0.25) is 4.72 Å². The third-order valence-electron chi connectivity index (χ3n) is 3.65. The highest BCUT2D eigenvalue weighted by Crippen LogP contribution is 2.34. The second-order valence-corrected chi connectivity index (χ2v) is 7.16. The molecule has 0 amide bonds. The molecule has 0 radical (unpaired) electrons. The Morgan fingerprint density at radius 1 is 1.00 bits per heavy atom. The van der Waals surface area contributed by atoms with Crippen LogP contribution in [0.4, 0.5) is 11.4 Å². The van der Waals surface area contributed by atoms with E-state index in [-0.39, 0.29) is 11.7 Å². The van der Waals surface area contributed by atoms with E-state index in [1.807, 2.05) is 12.1 Å². The monoisotopic (exact) mass is 348 g/mol. The van der Waals surface area contributed by atoms with Gasteiger partial charge in [-0.25, -0.2) is 8.42 Å². The predicted octanol–water partition coefficient (Wildman–Crippen LogP) is 3.43. The third kappa shape index (κ3) is 3.73. The van der Waals surface area contributed by atoms with Gasteiger partial charge in [-0.15, -0.1) is 0 Å². The Balaban J connectivity index is 1.70. The van der Waals surface area contributed by atoms with Gasteiger partial charge in [-0.05, 0) is 42.8 Å². The molecule has 0 atom stereocenters. The van der Waals surface area contributed by atoms with Crippen LogP contribution in [0.2, 0.25) is 0 Å². The van der Waals surface area contributed by atoms with Crippen LogP contribution in [-0.4, -0.2) is 21.8 Å². The number of anilines is 2. The van der Waals surface area contributed by atoms with Crippen molar-refractivity contribution < 1.29 is 17.9 Å². The highest BCUT2D eigenvalue weighted by atomic mass is 32.2. The van der Waals surface area contributed by atoms with Gasteiger partial charge in [0, 0.05) is 24.0 Å². The van der Waals surface area contributed by atoms with Gasteiger partial charge in [0.25, 0.3) is 10.0 Å². The van der Waals surface area contributed by atoms with E-state index >= 15 is 0 Å². The van der Waals surface area contributed by atoms with Crippen molar-refractivity contribution in [3.63, 3.8) is 0 Å². The van der Waals surface area contributed by atoms with Gasteiger partial charge in [0.1, 0.15) is 0 Å². The van der Waals surface area contributed by atoms with Crippen LogP contribution in [0.3, 0.4) is 0 Å². The number of unbranched alkanes of at least 4 members (excludes halogenated alkanes) is 1. The first kappa shape index (κ1) is 16.4. The maximum absolute atomic E-state index is 12.5. The second kappa shape index (κ2) is 7.00. The van der Waals surface area contributed by atoms with Crippen molar-refractivity contribution in [2.45, 2.75) is 24.7 Å². The Labute approximate surface area is 141 Å². The fourth-order valence-corrected chi connectivity index (χ4v) is 3.40. The number of hydrogen-bond acceptors (Lipinski definition) is 5. The van der Waals surface area contributed by atoms with E-state index < -0.39 is 10.0 Å². The minimum absolute atomic E-state index is 0.110. The molecule has 0 bridgehead atoms. The van der Waals surface area contributed by atoms with Gasteiger partial charge in [-0.1, -0.05) is 13.3 Å². The molecule has 0 spiro atoms. The Hall–Kier alpha value is -2.41. The summed E-state index contributed by atoms with van der Waals surface area (Å²) < 4.78 is 37.9. The Morgan fingerprint density at radius 2 is 1.71 bits per heavy atom. The van der Waals surface area contributed by atoms with E-state index in [0.29, 0.717) is 17.2 Å². The van der Waals surface area contributed by atoms with Crippen LogP contribution in [-0.2, 0) is 10.0 Å². The SMILES string of the molecule is CCCCNc1ccc(NS(=O)(=O)c2ccc3c(c2)OCO3)cc1. The van der Waals surface area contributed by atoms with E-state index in [4.69, 9.17) is 9.47 Å². The first-order valence-corrected chi connectivity index (χ1v) is 9.33. The lowest BCUT2D eigenvalue weighted by Gasteiger charge is -2.10. The van der Waals surface area contributed by atoms with Crippen molar-refractivity contribution in [3.8, 4) is 11.5 Å². The fraction of sp³-hybridized carbons (Fsp3) is 0.294. The molecule has 1 aliphatic heterocycles. The first-order valence-electron chi connectivity index (χ1n) is 7.85. The Kier molecular flexibility index (Phi) is 4.80. The zero-order valence-corrected chi connectivity index (χ0v) is 14.2. The van der Waals surface area contributed by atoms with Gasteiger partial charge in [0.05, 0.1) is 4.90 Å². The summed E-state index contributed by atoms with van der Waals surface area (Å²) in [6, 6.07) is 11.7. The molecule has 2 aromatic carbocycles. The van der Waals surface area contributed by atoms with E-state index in [2.05, 4.69) is 17.0 Å². The summed E-state index contributed by atoms with van der Waals surface area (Å²) in [4.78, 5) is 0.136. The minimum Gasteiger partial charge on any atom is -0.454 e. The predicted molar refractivity (Wildman–Crippen MR) is 93.2 cm³/mol. The smallest absolute Gasteiger partial charge is 0.262 e. The van der Waals surface area contributed by atoms with E-state index in [1.54, 1.807) is 18.2 Å². The molecule has 0 saturated carbocycles. The zero-order valence-electron chi connectivity index (χ0n) is 13.4. The number of ether oxygens (including phenoxy) is 2. The molecule has 0 fully saturated rings. The Bertz CT molecular complexity index is 804. The zero-order chi connectivity index (χ0) is 17.0. The summed E-state index contributed by atoms with van der Waals surface area (Å²) in [5.74, 6) is 0.991. The third-order valence-corrected chi connectivity index (χ3v) is 5.03. The summed E-state index contributed by atoms with van der Waals surface area (Å²) in [5.41, 5.74) is 1.48. The second-order valence-electron chi connectivity index (χ2n) is 5.48. The molecule has 0 aliphatic carbocycles. The molecule has 6 nitrogen and oxygen atoms in total. The topological polar surface area (TPSA) is 76.7 Å². The van der Waals surface area contributed by atoms with Gasteiger partial charge in [0.2, 0.25) is 6.79 Å². The lowest BCUT2D eigenvalue weighted by atomic mass is 10.2. The number of rotatable bonds is 7. The van der Waals surface area contributed by atoms with E-state index in [0.717, 1.165) is 25.1 Å². The first-order chi connectivity index (χ1) is 11.6. The molecule has 3 rings (SSSR count). The lowest BCUT2D eigenvalue weighted by Crippen LogP contribution is -2.13. The van der Waals surface area contributed by atoms with Crippen LogP contribution < -0.4 is 19.5 Å². The summed E-state index contributed by atoms with van der Waals surface area (Å²) in [6.07, 6.45) is 2.22. The van der Waals surface area contributed by atoms with Crippen LogP contribution in [0.5, 0.6) is 11.5 Å². The number of hydrogen-bond donors (Lipinski definition) is 2. The standard InChI is InChI=1S/C17H20N2O4S/c1-2-3-10-18-13-4-6-14(7-5-13)19-24(20,21)15-8-9-16-17(11-15)23-12-22-16/h4-9,11,18-19H,2-3,10,12H2,1H3. The number of benzene rings is 2. The van der Waals surface area contributed by atoms with Crippen LogP contribution in [0.25, 0.3) is 0 Å². The summed E-state index contributed by atoms with van der Waals surface area (Å²) in [7, 11) is -3.67. The molecule has 1 aliphatic rings. The van der Waals surface area contributed by atoms with Crippen LogP contribution >= 0.6 is 0 Å². The molecule has 0 saturated heterocycles.